The topological polar surface area (TPSA) is 23.5 Å². The molecule has 1 atom stereocenters. The Morgan fingerprint density at radius 1 is 1.42 bits per heavy atom. The van der Waals surface area contributed by atoms with Gasteiger partial charge < -0.3 is 5.11 Å². The van der Waals surface area contributed by atoms with Gasteiger partial charge in [-0.15, -0.1) is 0 Å². The van der Waals surface area contributed by atoms with Crippen molar-refractivity contribution in [3.63, 3.8) is 0 Å². The third-order valence-corrected chi connectivity index (χ3v) is 2.49. The van der Waals surface area contributed by atoms with Crippen LogP contribution in [0.2, 0.25) is 0 Å². The molecule has 0 aromatic rings. The lowest BCUT2D eigenvalue weighted by Gasteiger charge is -2.23. The van der Waals surface area contributed by atoms with Gasteiger partial charge in [0.05, 0.1) is 6.10 Å². The molecule has 0 radical (unpaired) electrons. The molecular formula is C10H21NO. The molecule has 1 rings (SSSR count). The second-order valence-corrected chi connectivity index (χ2v) is 3.79. The van der Waals surface area contributed by atoms with E-state index < -0.39 is 0 Å². The summed E-state index contributed by atoms with van der Waals surface area (Å²) >= 11 is 0. The summed E-state index contributed by atoms with van der Waals surface area (Å²) in [6, 6.07) is 0.797. The van der Waals surface area contributed by atoms with Crippen molar-refractivity contribution in [2.75, 3.05) is 13.1 Å². The van der Waals surface area contributed by atoms with E-state index in [4.69, 9.17) is 0 Å². The second-order valence-electron chi connectivity index (χ2n) is 3.79. The van der Waals surface area contributed by atoms with Crippen LogP contribution in [0.1, 0.15) is 39.5 Å². The Morgan fingerprint density at radius 3 is 2.50 bits per heavy atom. The molecule has 72 valence electrons. The number of hydrogen-bond donors (Lipinski definition) is 1. The van der Waals surface area contributed by atoms with Gasteiger partial charge in [-0.1, -0.05) is 13.8 Å². The number of aliphatic hydroxyl groups excluding tert-OH is 1. The molecule has 2 nitrogen and oxygen atoms in total. The predicted octanol–water partition coefficient (Wildman–Crippen LogP) is 1.63. The molecule has 1 fully saturated rings. The average Bonchev–Trinajstić information content (AvgIpc) is 2.86. The molecule has 0 bridgehead atoms. The summed E-state index contributed by atoms with van der Waals surface area (Å²) < 4.78 is 0. The van der Waals surface area contributed by atoms with Gasteiger partial charge in [-0.3, -0.25) is 4.90 Å². The van der Waals surface area contributed by atoms with E-state index in [1.54, 1.807) is 0 Å². The summed E-state index contributed by atoms with van der Waals surface area (Å²) in [5, 5.41) is 9.49. The number of aliphatic hydroxyl groups is 1. The third kappa shape index (κ3) is 3.11. The fourth-order valence-corrected chi connectivity index (χ4v) is 1.55. The maximum Gasteiger partial charge on any atom is 0.0664 e. The van der Waals surface area contributed by atoms with Crippen LogP contribution in [0.25, 0.3) is 0 Å². The zero-order valence-corrected chi connectivity index (χ0v) is 8.29. The largest absolute Gasteiger partial charge is 0.392 e. The van der Waals surface area contributed by atoms with Crippen LogP contribution in [0.3, 0.4) is 0 Å². The molecule has 1 aliphatic rings. The highest BCUT2D eigenvalue weighted by molar-refractivity contribution is 4.85. The molecule has 0 aromatic heterocycles. The molecule has 0 aromatic carbocycles. The molecule has 0 aliphatic heterocycles. The van der Waals surface area contributed by atoms with Crippen LogP contribution in [0, 0.1) is 0 Å². The quantitative estimate of drug-likeness (QED) is 0.656. The molecule has 12 heavy (non-hydrogen) atoms. The summed E-state index contributed by atoms with van der Waals surface area (Å²) in [5.41, 5.74) is 0. The van der Waals surface area contributed by atoms with Crippen LogP contribution in [-0.4, -0.2) is 35.2 Å². The molecule has 1 saturated carbocycles. The van der Waals surface area contributed by atoms with Crippen molar-refractivity contribution in [1.29, 1.82) is 0 Å². The second kappa shape index (κ2) is 4.83. The molecule has 0 amide bonds. The zero-order chi connectivity index (χ0) is 8.97. The van der Waals surface area contributed by atoms with Gasteiger partial charge in [0.15, 0.2) is 0 Å². The van der Waals surface area contributed by atoms with Crippen LogP contribution >= 0.6 is 0 Å². The van der Waals surface area contributed by atoms with Gasteiger partial charge in [0.2, 0.25) is 0 Å². The van der Waals surface area contributed by atoms with E-state index in [9.17, 15) is 5.11 Å². The highest BCUT2D eigenvalue weighted by Crippen LogP contribution is 2.27. The van der Waals surface area contributed by atoms with Gasteiger partial charge in [0.1, 0.15) is 0 Å². The minimum atomic E-state index is -0.114. The molecule has 1 N–H and O–H groups in total. The lowest BCUT2D eigenvalue weighted by Crippen LogP contribution is -2.34. The van der Waals surface area contributed by atoms with Crippen molar-refractivity contribution in [1.82, 2.24) is 4.90 Å². The normalized spacial score (nSPS) is 20.0. The van der Waals surface area contributed by atoms with Crippen LogP contribution in [0.5, 0.6) is 0 Å². The van der Waals surface area contributed by atoms with Crippen LogP contribution < -0.4 is 0 Å². The summed E-state index contributed by atoms with van der Waals surface area (Å²) in [6.45, 7) is 6.28. The van der Waals surface area contributed by atoms with E-state index in [0.717, 1.165) is 25.6 Å². The van der Waals surface area contributed by atoms with E-state index in [-0.39, 0.29) is 6.10 Å². The monoisotopic (exact) mass is 171 g/mol. The van der Waals surface area contributed by atoms with Crippen molar-refractivity contribution in [2.24, 2.45) is 0 Å². The molecular weight excluding hydrogens is 150 g/mol. The van der Waals surface area contributed by atoms with Crippen molar-refractivity contribution >= 4 is 0 Å². The van der Waals surface area contributed by atoms with E-state index in [0.29, 0.717) is 0 Å². The molecule has 2 heteroatoms. The van der Waals surface area contributed by atoms with Crippen molar-refractivity contribution in [2.45, 2.75) is 51.7 Å². The average molecular weight is 171 g/mol. The van der Waals surface area contributed by atoms with Gasteiger partial charge in [0.25, 0.3) is 0 Å². The first kappa shape index (κ1) is 10.0. The smallest absolute Gasteiger partial charge is 0.0664 e. The number of nitrogens with zero attached hydrogens (tertiary/aromatic N) is 1. The molecule has 0 saturated heterocycles. The van der Waals surface area contributed by atoms with Crippen LogP contribution in [-0.2, 0) is 0 Å². The lowest BCUT2D eigenvalue weighted by molar-refractivity contribution is 0.105. The van der Waals surface area contributed by atoms with Gasteiger partial charge in [-0.2, -0.15) is 0 Å². The molecule has 1 unspecified atom stereocenters. The maximum atomic E-state index is 9.49. The Balaban J connectivity index is 2.22. The van der Waals surface area contributed by atoms with Gasteiger partial charge in [0, 0.05) is 12.6 Å². The standard InChI is InChI=1S/C10H21NO/c1-3-7-11(9-5-6-9)8-10(12)4-2/h9-10,12H,3-8H2,1-2H3. The van der Waals surface area contributed by atoms with Gasteiger partial charge >= 0.3 is 0 Å². The Kier molecular flexibility index (Phi) is 4.02. The Labute approximate surface area is 75.6 Å². The van der Waals surface area contributed by atoms with Gasteiger partial charge in [-0.05, 0) is 32.2 Å². The first-order valence-electron chi connectivity index (χ1n) is 5.20. The zero-order valence-electron chi connectivity index (χ0n) is 8.29. The highest BCUT2D eigenvalue weighted by atomic mass is 16.3. The minimum Gasteiger partial charge on any atom is -0.392 e. The summed E-state index contributed by atoms with van der Waals surface area (Å²) in [5.74, 6) is 0. The summed E-state index contributed by atoms with van der Waals surface area (Å²) in [6.07, 6.45) is 4.66. The molecule has 0 spiro atoms. The van der Waals surface area contributed by atoms with Crippen molar-refractivity contribution in [3.05, 3.63) is 0 Å². The fourth-order valence-electron chi connectivity index (χ4n) is 1.55. The number of hydrogen-bond acceptors (Lipinski definition) is 2. The highest BCUT2D eigenvalue weighted by Gasteiger charge is 2.28. The number of rotatable bonds is 6. The van der Waals surface area contributed by atoms with E-state index in [1.807, 2.05) is 6.92 Å². The predicted molar refractivity (Wildman–Crippen MR) is 51.2 cm³/mol. The van der Waals surface area contributed by atoms with E-state index in [2.05, 4.69) is 11.8 Å². The first-order chi connectivity index (χ1) is 5.77. The van der Waals surface area contributed by atoms with E-state index in [1.165, 1.54) is 19.3 Å². The van der Waals surface area contributed by atoms with Gasteiger partial charge in [-0.25, -0.2) is 0 Å². The minimum absolute atomic E-state index is 0.114. The van der Waals surface area contributed by atoms with Crippen molar-refractivity contribution < 1.29 is 5.11 Å². The van der Waals surface area contributed by atoms with Crippen LogP contribution in [0.4, 0.5) is 0 Å². The van der Waals surface area contributed by atoms with Crippen molar-refractivity contribution in [3.8, 4) is 0 Å². The molecule has 1 aliphatic carbocycles. The summed E-state index contributed by atoms with van der Waals surface area (Å²) in [7, 11) is 0. The summed E-state index contributed by atoms with van der Waals surface area (Å²) in [4.78, 5) is 2.44. The third-order valence-electron chi connectivity index (χ3n) is 2.49. The van der Waals surface area contributed by atoms with Crippen LogP contribution in [0.15, 0.2) is 0 Å². The fraction of sp³-hybridized carbons (Fsp3) is 1.00. The lowest BCUT2D eigenvalue weighted by atomic mass is 10.2. The first-order valence-corrected chi connectivity index (χ1v) is 5.20. The Morgan fingerprint density at radius 2 is 2.08 bits per heavy atom. The molecule has 0 heterocycles. The maximum absolute atomic E-state index is 9.49. The van der Waals surface area contributed by atoms with E-state index >= 15 is 0 Å². The SMILES string of the molecule is CCCN(CC(O)CC)C1CC1. The Hall–Kier alpha value is -0.0800. The Bertz CT molecular complexity index is 123.